The number of rotatable bonds is 4. The topological polar surface area (TPSA) is 127 Å². The average molecular weight is 272 g/mol. The van der Waals surface area contributed by atoms with Gasteiger partial charge in [-0.2, -0.15) is 0 Å². The molecule has 0 amide bonds. The Labute approximate surface area is 102 Å². The van der Waals surface area contributed by atoms with Gasteiger partial charge >= 0.3 is 11.9 Å². The Balaban J connectivity index is -0.000000180. The van der Waals surface area contributed by atoms with Crippen molar-refractivity contribution in [2.24, 2.45) is 11.5 Å². The zero-order chi connectivity index (χ0) is 11.7. The number of carbonyl (C=O) groups is 2. The minimum absolute atomic E-state index is 0. The number of carboxylic acid groups (broad SMARTS) is 2. The first-order valence-electron chi connectivity index (χ1n) is 4.33. The van der Waals surface area contributed by atoms with Crippen LogP contribution in [0.1, 0.15) is 26.7 Å². The van der Waals surface area contributed by atoms with Crippen LogP contribution in [0, 0.1) is 0 Å². The molecular weight excluding hydrogens is 253 g/mol. The van der Waals surface area contributed by atoms with Crippen LogP contribution in [0.3, 0.4) is 0 Å². The molecule has 86 valence electrons. The summed E-state index contributed by atoms with van der Waals surface area (Å²) in [7, 11) is 0. The largest absolute Gasteiger partial charge is 0.480 e. The van der Waals surface area contributed by atoms with Gasteiger partial charge in [0.15, 0.2) is 0 Å². The van der Waals surface area contributed by atoms with E-state index in [1.54, 1.807) is 13.8 Å². The van der Waals surface area contributed by atoms with E-state index in [4.69, 9.17) is 21.7 Å². The Hall–Kier alpha value is -0.517. The maximum Gasteiger partial charge on any atom is 0.320 e. The quantitative estimate of drug-likeness (QED) is 0.516. The number of nitrogens with two attached hydrogens (primary N) is 2. The molecule has 0 bridgehead atoms. The fourth-order valence-corrected chi connectivity index (χ4v) is 0.349. The SMILES string of the molecule is CCC(N)C(=O)O.CCC(N)C(=O)O.[Zn]. The monoisotopic (exact) mass is 270 g/mol. The van der Waals surface area contributed by atoms with E-state index in [-0.39, 0.29) is 19.5 Å². The molecule has 0 aromatic heterocycles. The van der Waals surface area contributed by atoms with Crippen LogP contribution in [0.25, 0.3) is 0 Å². The maximum atomic E-state index is 9.81. The summed E-state index contributed by atoms with van der Waals surface area (Å²) in [5, 5.41) is 16.1. The summed E-state index contributed by atoms with van der Waals surface area (Å²) >= 11 is 0. The molecule has 0 saturated carbocycles. The third-order valence-electron chi connectivity index (χ3n) is 1.51. The molecule has 2 atom stereocenters. The van der Waals surface area contributed by atoms with Crippen molar-refractivity contribution >= 4 is 11.9 Å². The second-order valence-corrected chi connectivity index (χ2v) is 2.71. The molecule has 15 heavy (non-hydrogen) atoms. The minimum Gasteiger partial charge on any atom is -0.480 e. The smallest absolute Gasteiger partial charge is 0.320 e. The number of hydrogen-bond acceptors (Lipinski definition) is 4. The summed E-state index contributed by atoms with van der Waals surface area (Å²) < 4.78 is 0. The van der Waals surface area contributed by atoms with Gasteiger partial charge < -0.3 is 21.7 Å². The standard InChI is InChI=1S/2C4H9NO2.Zn/c2*1-2-3(5)4(6)7;/h2*3H,2,5H2,1H3,(H,6,7);. The molecule has 0 radical (unpaired) electrons. The molecule has 0 fully saturated rings. The molecule has 0 spiro atoms. The maximum absolute atomic E-state index is 9.81. The molecule has 0 aromatic rings. The normalized spacial score (nSPS) is 12.5. The van der Waals surface area contributed by atoms with Crippen LogP contribution in [0.2, 0.25) is 0 Å². The molecule has 0 aliphatic carbocycles. The summed E-state index contributed by atoms with van der Waals surface area (Å²) in [6, 6.07) is -1.36. The van der Waals surface area contributed by atoms with Gasteiger partial charge in [0.1, 0.15) is 12.1 Å². The number of aliphatic carboxylic acids is 2. The molecule has 0 aliphatic heterocycles. The van der Waals surface area contributed by atoms with Crippen LogP contribution < -0.4 is 11.5 Å². The van der Waals surface area contributed by atoms with Crippen molar-refractivity contribution in [2.45, 2.75) is 38.8 Å². The van der Waals surface area contributed by atoms with Gasteiger partial charge in [-0.1, -0.05) is 13.8 Å². The molecule has 0 heterocycles. The van der Waals surface area contributed by atoms with Crippen molar-refractivity contribution in [1.82, 2.24) is 0 Å². The fraction of sp³-hybridized carbons (Fsp3) is 0.750. The van der Waals surface area contributed by atoms with Gasteiger partial charge in [0.25, 0.3) is 0 Å². The third-order valence-corrected chi connectivity index (χ3v) is 1.51. The number of hydrogen-bond donors (Lipinski definition) is 4. The molecular formula is C8H18N2O4Zn. The minimum atomic E-state index is -0.928. The van der Waals surface area contributed by atoms with E-state index in [0.717, 1.165) is 0 Å². The molecule has 6 nitrogen and oxygen atoms in total. The second kappa shape index (κ2) is 11.6. The molecule has 7 heteroatoms. The Kier molecular flexibility index (Phi) is 15.4. The van der Waals surface area contributed by atoms with E-state index in [0.29, 0.717) is 12.8 Å². The summed E-state index contributed by atoms with van der Waals surface area (Å²) in [6.07, 6.45) is 0.991. The van der Waals surface area contributed by atoms with Crippen LogP contribution in [-0.2, 0) is 29.1 Å². The van der Waals surface area contributed by atoms with E-state index >= 15 is 0 Å². The van der Waals surface area contributed by atoms with Crippen LogP contribution in [-0.4, -0.2) is 34.2 Å². The first kappa shape index (κ1) is 20.0. The van der Waals surface area contributed by atoms with Crippen LogP contribution in [0.15, 0.2) is 0 Å². The van der Waals surface area contributed by atoms with Crippen molar-refractivity contribution in [3.8, 4) is 0 Å². The molecule has 0 aliphatic rings. The Bertz CT molecular complexity index is 169. The van der Waals surface area contributed by atoms with E-state index in [1.165, 1.54) is 0 Å². The predicted molar refractivity (Wildman–Crippen MR) is 51.8 cm³/mol. The Morgan fingerprint density at radius 1 is 1.00 bits per heavy atom. The molecule has 6 N–H and O–H groups in total. The van der Waals surface area contributed by atoms with Crippen molar-refractivity contribution in [2.75, 3.05) is 0 Å². The van der Waals surface area contributed by atoms with Gasteiger partial charge in [0, 0.05) is 19.5 Å². The average Bonchev–Trinajstić information content (AvgIpc) is 2.15. The zero-order valence-corrected chi connectivity index (χ0v) is 12.1. The summed E-state index contributed by atoms with van der Waals surface area (Å²) in [5.41, 5.74) is 10.0. The third kappa shape index (κ3) is 13.5. The van der Waals surface area contributed by atoms with Gasteiger partial charge in [-0.05, 0) is 12.8 Å². The fourth-order valence-electron chi connectivity index (χ4n) is 0.349. The van der Waals surface area contributed by atoms with Gasteiger partial charge in [0.2, 0.25) is 0 Å². The van der Waals surface area contributed by atoms with Crippen LogP contribution >= 0.6 is 0 Å². The van der Waals surface area contributed by atoms with Crippen LogP contribution in [0.5, 0.6) is 0 Å². The Morgan fingerprint density at radius 2 is 1.20 bits per heavy atom. The second-order valence-electron chi connectivity index (χ2n) is 2.71. The van der Waals surface area contributed by atoms with Gasteiger partial charge in [-0.3, -0.25) is 9.59 Å². The zero-order valence-electron chi connectivity index (χ0n) is 9.14. The molecule has 0 rings (SSSR count). The van der Waals surface area contributed by atoms with Crippen molar-refractivity contribution in [1.29, 1.82) is 0 Å². The van der Waals surface area contributed by atoms with Crippen LogP contribution in [0.4, 0.5) is 0 Å². The first-order chi connectivity index (χ1) is 6.36. The van der Waals surface area contributed by atoms with E-state index in [1.807, 2.05) is 0 Å². The van der Waals surface area contributed by atoms with E-state index in [2.05, 4.69) is 0 Å². The molecule has 2 unspecified atom stereocenters. The molecule has 0 aromatic carbocycles. The van der Waals surface area contributed by atoms with Crippen molar-refractivity contribution < 1.29 is 39.3 Å². The van der Waals surface area contributed by atoms with Gasteiger partial charge in [0.05, 0.1) is 0 Å². The number of carboxylic acids is 2. The van der Waals surface area contributed by atoms with Crippen molar-refractivity contribution in [3.63, 3.8) is 0 Å². The summed E-state index contributed by atoms with van der Waals surface area (Å²) in [6.45, 7) is 3.47. The van der Waals surface area contributed by atoms with E-state index < -0.39 is 24.0 Å². The van der Waals surface area contributed by atoms with Gasteiger partial charge in [-0.15, -0.1) is 0 Å². The summed E-state index contributed by atoms with van der Waals surface area (Å²) in [4.78, 5) is 19.6. The first-order valence-corrected chi connectivity index (χ1v) is 4.33. The van der Waals surface area contributed by atoms with Gasteiger partial charge in [-0.25, -0.2) is 0 Å². The Morgan fingerprint density at radius 3 is 1.20 bits per heavy atom. The van der Waals surface area contributed by atoms with Crippen molar-refractivity contribution in [3.05, 3.63) is 0 Å². The molecule has 0 saturated heterocycles. The predicted octanol–water partition coefficient (Wildman–Crippen LogP) is -0.386. The summed E-state index contributed by atoms with van der Waals surface area (Å²) in [5.74, 6) is -1.86. The van der Waals surface area contributed by atoms with E-state index in [9.17, 15) is 9.59 Å².